The van der Waals surface area contributed by atoms with Crippen LogP contribution in [0.5, 0.6) is 11.5 Å². The Hall–Kier alpha value is -1.59. The van der Waals surface area contributed by atoms with Crippen molar-refractivity contribution in [2.45, 2.75) is 33.0 Å². The zero-order valence-corrected chi connectivity index (χ0v) is 19.0. The minimum atomic E-state index is 0.0805. The average Bonchev–Trinajstić information content (AvgIpc) is 2.67. The molecule has 2 aromatic carbocycles. The first-order chi connectivity index (χ1) is 13.9. The van der Waals surface area contributed by atoms with E-state index in [4.69, 9.17) is 60.7 Å². The van der Waals surface area contributed by atoms with Gasteiger partial charge < -0.3 is 14.3 Å². The summed E-state index contributed by atoms with van der Waals surface area (Å²) in [5, 5.41) is 4.68. The van der Waals surface area contributed by atoms with Crippen molar-refractivity contribution in [1.82, 2.24) is 0 Å². The molecule has 0 N–H and O–H groups in total. The second-order valence-corrected chi connectivity index (χ2v) is 7.94. The molecule has 0 bridgehead atoms. The van der Waals surface area contributed by atoms with E-state index < -0.39 is 0 Å². The fraction of sp³-hybridized carbons (Fsp3) is 0.286. The second kappa shape index (κ2) is 12.2. The van der Waals surface area contributed by atoms with Gasteiger partial charge in [0, 0.05) is 12.1 Å². The molecular formula is C21H21Cl4NO3. The van der Waals surface area contributed by atoms with Crippen molar-refractivity contribution in [3.63, 3.8) is 0 Å². The van der Waals surface area contributed by atoms with Gasteiger partial charge in [0.05, 0.1) is 16.3 Å². The van der Waals surface area contributed by atoms with Gasteiger partial charge in [0.2, 0.25) is 0 Å². The van der Waals surface area contributed by atoms with Crippen LogP contribution in [0.25, 0.3) is 0 Å². The fourth-order valence-electron chi connectivity index (χ4n) is 2.15. The van der Waals surface area contributed by atoms with Crippen molar-refractivity contribution >= 4 is 52.6 Å². The molecule has 1 unspecified atom stereocenters. The van der Waals surface area contributed by atoms with E-state index >= 15 is 0 Å². The van der Waals surface area contributed by atoms with Gasteiger partial charge in [-0.25, -0.2) is 0 Å². The number of benzene rings is 2. The number of oxime groups is 1. The molecule has 2 rings (SSSR count). The minimum absolute atomic E-state index is 0.0805. The summed E-state index contributed by atoms with van der Waals surface area (Å²) in [5.41, 5.74) is 1.84. The normalized spacial score (nSPS) is 11.9. The lowest BCUT2D eigenvalue weighted by Crippen LogP contribution is -2.01. The molecule has 0 aliphatic heterocycles. The van der Waals surface area contributed by atoms with Crippen molar-refractivity contribution in [3.05, 3.63) is 68.1 Å². The van der Waals surface area contributed by atoms with E-state index in [2.05, 4.69) is 5.16 Å². The summed E-state index contributed by atoms with van der Waals surface area (Å²) in [5.74, 6) is 0.864. The van der Waals surface area contributed by atoms with Crippen LogP contribution in [0.1, 0.15) is 31.4 Å². The third-order valence-electron chi connectivity index (χ3n) is 3.81. The van der Waals surface area contributed by atoms with E-state index in [9.17, 15) is 0 Å². The summed E-state index contributed by atoms with van der Waals surface area (Å²) in [7, 11) is 0. The van der Waals surface area contributed by atoms with Gasteiger partial charge in [0.15, 0.2) is 5.75 Å². The third kappa shape index (κ3) is 8.35. The summed E-state index contributed by atoms with van der Waals surface area (Å²) in [6.45, 7) is 4.50. The summed E-state index contributed by atoms with van der Waals surface area (Å²) < 4.78 is 11.4. The monoisotopic (exact) mass is 475 g/mol. The van der Waals surface area contributed by atoms with Crippen molar-refractivity contribution in [2.75, 3.05) is 6.61 Å². The highest BCUT2D eigenvalue weighted by molar-refractivity contribution is 6.55. The molecular weight excluding hydrogens is 456 g/mol. The molecule has 156 valence electrons. The lowest BCUT2D eigenvalue weighted by Gasteiger charge is -2.12. The Bertz CT molecular complexity index is 844. The highest BCUT2D eigenvalue weighted by atomic mass is 35.5. The first-order valence-electron chi connectivity index (χ1n) is 8.93. The smallest absolute Gasteiger partial charge is 0.157 e. The van der Waals surface area contributed by atoms with Crippen molar-refractivity contribution in [2.24, 2.45) is 5.16 Å². The number of hydrogen-bond donors (Lipinski definition) is 0. The molecule has 0 radical (unpaired) electrons. The molecule has 0 aliphatic rings. The van der Waals surface area contributed by atoms with Crippen molar-refractivity contribution < 1.29 is 14.3 Å². The Kier molecular flexibility index (Phi) is 9.95. The van der Waals surface area contributed by atoms with Crippen LogP contribution in [0.2, 0.25) is 10.0 Å². The maximum Gasteiger partial charge on any atom is 0.157 e. The summed E-state index contributed by atoms with van der Waals surface area (Å²) in [6.07, 6.45) is 4.16. The summed E-state index contributed by atoms with van der Waals surface area (Å²) in [6, 6.07) is 11.0. The van der Waals surface area contributed by atoms with Crippen molar-refractivity contribution in [1.29, 1.82) is 0 Å². The van der Waals surface area contributed by atoms with Crippen LogP contribution in [0.4, 0.5) is 0 Å². The molecule has 2 aromatic rings. The van der Waals surface area contributed by atoms with Crippen LogP contribution >= 0.6 is 46.4 Å². The van der Waals surface area contributed by atoms with Gasteiger partial charge in [-0.2, -0.15) is 0 Å². The zero-order valence-electron chi connectivity index (χ0n) is 16.0. The van der Waals surface area contributed by atoms with Crippen LogP contribution in [-0.2, 0) is 11.4 Å². The van der Waals surface area contributed by atoms with Crippen LogP contribution in [0.15, 0.2) is 52.1 Å². The van der Waals surface area contributed by atoms with Gasteiger partial charge >= 0.3 is 0 Å². The van der Waals surface area contributed by atoms with E-state index in [1.165, 1.54) is 6.08 Å². The fourth-order valence-corrected chi connectivity index (χ4v) is 2.85. The SMILES string of the molecule is CCC(C)O/N=C/c1cccc(COc2c(Cl)cc(OCC=C(Cl)Cl)cc2Cl)c1. The largest absolute Gasteiger partial charge is 0.489 e. The predicted molar refractivity (Wildman–Crippen MR) is 121 cm³/mol. The second-order valence-electron chi connectivity index (χ2n) is 6.11. The highest BCUT2D eigenvalue weighted by Crippen LogP contribution is 2.37. The average molecular weight is 477 g/mol. The molecule has 0 aliphatic carbocycles. The van der Waals surface area contributed by atoms with E-state index in [0.717, 1.165) is 17.5 Å². The predicted octanol–water partition coefficient (Wildman–Crippen LogP) is 7.42. The van der Waals surface area contributed by atoms with Gasteiger partial charge in [0.1, 0.15) is 29.6 Å². The molecule has 0 aromatic heterocycles. The van der Waals surface area contributed by atoms with Crippen LogP contribution in [0.3, 0.4) is 0 Å². The maximum absolute atomic E-state index is 6.29. The Morgan fingerprint density at radius 1 is 1.10 bits per heavy atom. The lowest BCUT2D eigenvalue weighted by molar-refractivity contribution is 0.0712. The van der Waals surface area contributed by atoms with E-state index in [-0.39, 0.29) is 23.8 Å². The van der Waals surface area contributed by atoms with Gasteiger partial charge in [-0.3, -0.25) is 0 Å². The first kappa shape index (κ1) is 23.7. The Labute approximate surface area is 190 Å². The number of hydrogen-bond acceptors (Lipinski definition) is 4. The van der Waals surface area contributed by atoms with E-state index in [1.54, 1.807) is 18.3 Å². The standard InChI is InChI=1S/C21H21Cl4NO3/c1-3-14(2)29-26-12-15-5-4-6-16(9-15)13-28-21-18(22)10-17(11-19(21)23)27-8-7-20(24)25/h4-7,9-12,14H,3,8,13H2,1-2H3/b26-12+. The Balaban J connectivity index is 2.00. The summed E-state index contributed by atoms with van der Waals surface area (Å²) in [4.78, 5) is 5.32. The quantitative estimate of drug-likeness (QED) is 0.264. The molecule has 4 nitrogen and oxygen atoms in total. The van der Waals surface area contributed by atoms with Crippen LogP contribution < -0.4 is 9.47 Å². The molecule has 29 heavy (non-hydrogen) atoms. The molecule has 0 spiro atoms. The number of ether oxygens (including phenoxy) is 2. The topological polar surface area (TPSA) is 40.0 Å². The maximum atomic E-state index is 6.29. The van der Waals surface area contributed by atoms with Crippen molar-refractivity contribution in [3.8, 4) is 11.5 Å². The molecule has 1 atom stereocenters. The Morgan fingerprint density at radius 2 is 1.83 bits per heavy atom. The molecule has 0 fully saturated rings. The first-order valence-corrected chi connectivity index (χ1v) is 10.4. The number of halogens is 4. The Morgan fingerprint density at radius 3 is 2.48 bits per heavy atom. The molecule has 8 heteroatoms. The van der Waals surface area contributed by atoms with Gasteiger partial charge in [-0.15, -0.1) is 0 Å². The molecule has 0 amide bonds. The molecule has 0 saturated carbocycles. The van der Waals surface area contributed by atoms with Gasteiger partial charge in [-0.1, -0.05) is 76.7 Å². The third-order valence-corrected chi connectivity index (χ3v) is 4.68. The van der Waals surface area contributed by atoms with Gasteiger partial charge in [-0.05, 0) is 36.6 Å². The summed E-state index contributed by atoms with van der Waals surface area (Å²) >= 11 is 23.7. The van der Waals surface area contributed by atoms with E-state index in [1.807, 2.05) is 38.1 Å². The van der Waals surface area contributed by atoms with Crippen LogP contribution in [-0.4, -0.2) is 18.9 Å². The van der Waals surface area contributed by atoms with E-state index in [0.29, 0.717) is 21.5 Å². The molecule has 0 saturated heterocycles. The van der Waals surface area contributed by atoms with Crippen LogP contribution in [0, 0.1) is 0 Å². The molecule has 0 heterocycles. The minimum Gasteiger partial charge on any atom is -0.489 e. The number of nitrogens with zero attached hydrogens (tertiary/aromatic N) is 1. The highest BCUT2D eigenvalue weighted by Gasteiger charge is 2.11. The lowest BCUT2D eigenvalue weighted by atomic mass is 10.1. The zero-order chi connectivity index (χ0) is 21.2. The number of rotatable bonds is 10. The van der Waals surface area contributed by atoms with Gasteiger partial charge in [0.25, 0.3) is 0 Å².